The molecule has 2 aromatic carbocycles. The van der Waals surface area contributed by atoms with Gasteiger partial charge in [0.15, 0.2) is 11.5 Å². The number of piperazine rings is 1. The van der Waals surface area contributed by atoms with Gasteiger partial charge in [0.25, 0.3) is 11.8 Å². The Bertz CT molecular complexity index is 2440. The highest BCUT2D eigenvalue weighted by molar-refractivity contribution is 6.24. The molecule has 1 atom stereocenters. The van der Waals surface area contributed by atoms with E-state index in [1.165, 1.54) is 12.3 Å². The first kappa shape index (κ1) is 40.7. The number of imidazole rings is 1. The zero-order valence-corrected chi connectivity index (χ0v) is 33.0. The van der Waals surface area contributed by atoms with E-state index < -0.39 is 29.7 Å². The number of hydrogen-bond acceptors (Lipinski definition) is 16. The zero-order chi connectivity index (χ0) is 42.3. The predicted octanol–water partition coefficient (Wildman–Crippen LogP) is 1.69. The molecule has 8 rings (SSSR count). The molecular weight excluding hydrogens is 791 g/mol. The first-order valence-electron chi connectivity index (χ1n) is 19.8. The maximum atomic E-state index is 13.2. The van der Waals surface area contributed by atoms with Crippen LogP contribution in [0.1, 0.15) is 33.6 Å². The van der Waals surface area contributed by atoms with Gasteiger partial charge in [0.2, 0.25) is 17.7 Å². The van der Waals surface area contributed by atoms with E-state index in [4.69, 9.17) is 29.7 Å². The van der Waals surface area contributed by atoms with Crippen LogP contribution in [0.5, 0.6) is 5.75 Å². The fourth-order valence-corrected chi connectivity index (χ4v) is 7.26. The molecule has 2 fully saturated rings. The van der Waals surface area contributed by atoms with Gasteiger partial charge in [-0.05, 0) is 42.8 Å². The molecule has 5 aromatic rings. The van der Waals surface area contributed by atoms with Crippen molar-refractivity contribution in [3.63, 3.8) is 0 Å². The standard InChI is InChI=1S/C41H43N11O9/c42-33-23-43-22-29(46-33)30-24-51-11-10-44-38(51)37(47-30)45-26-4-6-27(7-5-26)49-12-14-50(15-13-49)35(54)25-60-19-18-58-16-17-59-20-21-61-32-3-1-2-28-36(32)41(57)52(40(28)56)31-8-9-34(53)48-39(31)55/h1-7,10-11,22-24,31H,8-9,12-21,25H2,(H2,42,46)(H,45,47)(H,48,53,55). The lowest BCUT2D eigenvalue weighted by Crippen LogP contribution is -2.54. The quantitative estimate of drug-likeness (QED) is 0.0893. The van der Waals surface area contributed by atoms with Gasteiger partial charge >= 0.3 is 0 Å². The number of nitrogens with two attached hydrogens (primary N) is 1. The van der Waals surface area contributed by atoms with E-state index in [1.807, 2.05) is 41.1 Å². The molecule has 0 aliphatic carbocycles. The Morgan fingerprint density at radius 1 is 0.852 bits per heavy atom. The summed E-state index contributed by atoms with van der Waals surface area (Å²) in [6.07, 6.45) is 8.56. The van der Waals surface area contributed by atoms with Crippen molar-refractivity contribution in [2.24, 2.45) is 0 Å². The molecule has 20 nitrogen and oxygen atoms in total. The Hall–Kier alpha value is -7.03. The number of nitrogen functional groups attached to an aromatic ring is 1. The number of nitrogens with one attached hydrogen (secondary N) is 2. The Kier molecular flexibility index (Phi) is 12.3. The van der Waals surface area contributed by atoms with E-state index in [2.05, 4.69) is 30.5 Å². The molecule has 0 bridgehead atoms. The summed E-state index contributed by atoms with van der Waals surface area (Å²) in [6.45, 7) is 3.87. The number of rotatable bonds is 17. The second-order valence-electron chi connectivity index (χ2n) is 14.3. The van der Waals surface area contributed by atoms with Gasteiger partial charge in [-0.25, -0.2) is 15.0 Å². The van der Waals surface area contributed by atoms with Crippen LogP contribution in [-0.4, -0.2) is 142 Å². The van der Waals surface area contributed by atoms with Crippen molar-refractivity contribution in [3.05, 3.63) is 84.6 Å². The van der Waals surface area contributed by atoms with Crippen LogP contribution in [0.4, 0.5) is 23.0 Å². The monoisotopic (exact) mass is 833 g/mol. The van der Waals surface area contributed by atoms with Crippen molar-refractivity contribution in [1.29, 1.82) is 0 Å². The molecule has 0 radical (unpaired) electrons. The molecule has 5 amide bonds. The Morgan fingerprint density at radius 3 is 2.36 bits per heavy atom. The summed E-state index contributed by atoms with van der Waals surface area (Å²) in [5.74, 6) is -1.36. The summed E-state index contributed by atoms with van der Waals surface area (Å²) >= 11 is 0. The molecule has 3 aromatic heterocycles. The molecule has 1 unspecified atom stereocenters. The van der Waals surface area contributed by atoms with Crippen LogP contribution < -0.4 is 26.0 Å². The first-order chi connectivity index (χ1) is 29.7. The van der Waals surface area contributed by atoms with Gasteiger partial charge in [0.05, 0.1) is 56.6 Å². The third kappa shape index (κ3) is 9.25. The number of benzene rings is 2. The molecule has 0 spiro atoms. The number of imide groups is 2. The molecule has 20 heteroatoms. The fraction of sp³-hybridized carbons (Fsp3) is 0.341. The van der Waals surface area contributed by atoms with Crippen molar-refractivity contribution < 1.29 is 42.9 Å². The molecule has 0 saturated carbocycles. The lowest BCUT2D eigenvalue weighted by molar-refractivity contribution is -0.137. The molecule has 2 saturated heterocycles. The third-order valence-electron chi connectivity index (χ3n) is 10.3. The average Bonchev–Trinajstić information content (AvgIpc) is 3.85. The Morgan fingerprint density at radius 2 is 1.61 bits per heavy atom. The van der Waals surface area contributed by atoms with E-state index in [0.29, 0.717) is 61.5 Å². The zero-order valence-electron chi connectivity index (χ0n) is 33.0. The molecule has 6 heterocycles. The van der Waals surface area contributed by atoms with E-state index in [1.54, 1.807) is 29.4 Å². The molecule has 316 valence electrons. The van der Waals surface area contributed by atoms with E-state index in [9.17, 15) is 24.0 Å². The van der Waals surface area contributed by atoms with Gasteiger partial charge in [-0.2, -0.15) is 0 Å². The minimum Gasteiger partial charge on any atom is -0.490 e. The molecule has 3 aliphatic heterocycles. The van der Waals surface area contributed by atoms with Crippen molar-refractivity contribution in [1.82, 2.24) is 39.5 Å². The van der Waals surface area contributed by atoms with Gasteiger partial charge in [0, 0.05) is 62.6 Å². The second kappa shape index (κ2) is 18.5. The third-order valence-corrected chi connectivity index (χ3v) is 10.3. The highest BCUT2D eigenvalue weighted by Gasteiger charge is 2.46. The van der Waals surface area contributed by atoms with Crippen molar-refractivity contribution in [2.75, 3.05) is 88.4 Å². The Labute approximate surface area is 348 Å². The van der Waals surface area contributed by atoms with Crippen LogP contribution in [0, 0.1) is 0 Å². The van der Waals surface area contributed by atoms with Gasteiger partial charge in [-0.15, -0.1) is 0 Å². The minimum atomic E-state index is -1.06. The number of carbonyl (C=O) groups excluding carboxylic acids is 5. The summed E-state index contributed by atoms with van der Waals surface area (Å²) in [4.78, 5) is 85.5. The lowest BCUT2D eigenvalue weighted by Gasteiger charge is -2.36. The maximum Gasteiger partial charge on any atom is 0.266 e. The van der Waals surface area contributed by atoms with Crippen LogP contribution in [0.3, 0.4) is 0 Å². The van der Waals surface area contributed by atoms with Crippen LogP contribution in [0.25, 0.3) is 17.0 Å². The minimum absolute atomic E-state index is 0.0377. The number of piperidine rings is 1. The SMILES string of the molecule is Nc1cncc(-c2cn3ccnc3c(Nc3ccc(N4CCN(C(=O)COCCOCCOCCOc5cccc6c5C(=O)N(C5CCC(=O)NC5=O)C6=O)CC4)cc3)n2)n1. The second-order valence-corrected chi connectivity index (χ2v) is 14.3. The topological polar surface area (TPSA) is 238 Å². The van der Waals surface area contributed by atoms with Crippen molar-refractivity contribution in [3.8, 4) is 17.1 Å². The van der Waals surface area contributed by atoms with E-state index >= 15 is 0 Å². The largest absolute Gasteiger partial charge is 0.490 e. The molecule has 61 heavy (non-hydrogen) atoms. The predicted molar refractivity (Wildman–Crippen MR) is 218 cm³/mol. The van der Waals surface area contributed by atoms with Crippen LogP contribution in [0.15, 0.2) is 73.4 Å². The van der Waals surface area contributed by atoms with Gasteiger partial charge < -0.3 is 44.2 Å². The molecular formula is C41H43N11O9. The van der Waals surface area contributed by atoms with E-state index in [0.717, 1.165) is 16.3 Å². The van der Waals surface area contributed by atoms with Crippen molar-refractivity contribution >= 4 is 58.2 Å². The van der Waals surface area contributed by atoms with Gasteiger partial charge in [-0.1, -0.05) is 6.07 Å². The summed E-state index contributed by atoms with van der Waals surface area (Å²) in [6, 6.07) is 11.6. The number of aromatic nitrogens is 5. The maximum absolute atomic E-state index is 13.2. The Balaban J connectivity index is 0.692. The first-order valence-corrected chi connectivity index (χ1v) is 19.8. The smallest absolute Gasteiger partial charge is 0.266 e. The summed E-state index contributed by atoms with van der Waals surface area (Å²) in [5, 5.41) is 5.55. The normalized spacial score (nSPS) is 16.6. The number of ether oxygens (including phenoxy) is 4. The number of fused-ring (bicyclic) bond motifs is 2. The van der Waals surface area contributed by atoms with Gasteiger partial charge in [-0.3, -0.25) is 39.2 Å². The average molecular weight is 834 g/mol. The van der Waals surface area contributed by atoms with Crippen LogP contribution in [0.2, 0.25) is 0 Å². The van der Waals surface area contributed by atoms with E-state index in [-0.39, 0.29) is 75.3 Å². The fourth-order valence-electron chi connectivity index (χ4n) is 7.26. The van der Waals surface area contributed by atoms with Gasteiger partial charge in [0.1, 0.15) is 42.2 Å². The number of carbonyl (C=O) groups is 5. The highest BCUT2D eigenvalue weighted by atomic mass is 16.6. The number of anilines is 4. The molecule has 4 N–H and O–H groups in total. The van der Waals surface area contributed by atoms with Crippen molar-refractivity contribution in [2.45, 2.75) is 18.9 Å². The lowest BCUT2D eigenvalue weighted by atomic mass is 10.0. The van der Waals surface area contributed by atoms with Crippen LogP contribution >= 0.6 is 0 Å². The molecule has 3 aliphatic rings. The number of hydrogen-bond donors (Lipinski definition) is 3. The highest BCUT2D eigenvalue weighted by Crippen LogP contribution is 2.34. The number of nitrogens with zero attached hydrogens (tertiary/aromatic N) is 8. The summed E-state index contributed by atoms with van der Waals surface area (Å²) < 4.78 is 24.3. The summed E-state index contributed by atoms with van der Waals surface area (Å²) in [7, 11) is 0. The summed E-state index contributed by atoms with van der Waals surface area (Å²) in [5.41, 5.74) is 9.74. The number of amides is 5. The van der Waals surface area contributed by atoms with Crippen LogP contribution in [-0.2, 0) is 28.6 Å².